The lowest BCUT2D eigenvalue weighted by Gasteiger charge is -2.11. The molecule has 0 radical (unpaired) electrons. The molecule has 3 aromatic rings. The molecule has 9 heteroatoms. The van der Waals surface area contributed by atoms with Crippen LogP contribution in [0.4, 0.5) is 14.5 Å². The zero-order chi connectivity index (χ0) is 18.0. The second-order valence-electron chi connectivity index (χ2n) is 5.23. The fourth-order valence-electron chi connectivity index (χ4n) is 2.07. The first kappa shape index (κ1) is 17.0. The van der Waals surface area contributed by atoms with Crippen LogP contribution in [0.15, 0.2) is 42.5 Å². The van der Waals surface area contributed by atoms with Gasteiger partial charge in [0.25, 0.3) is 5.91 Å². The first-order chi connectivity index (χ1) is 11.9. The summed E-state index contributed by atoms with van der Waals surface area (Å²) in [6.07, 6.45) is 0. The van der Waals surface area contributed by atoms with Crippen LogP contribution in [0.5, 0.6) is 0 Å². The molecule has 1 atom stereocenters. The summed E-state index contributed by atoms with van der Waals surface area (Å²) < 4.78 is 26.3. The van der Waals surface area contributed by atoms with E-state index >= 15 is 0 Å². The molecule has 0 spiro atoms. The predicted octanol–water partition coefficient (Wildman–Crippen LogP) is 3.47. The number of anilines is 1. The van der Waals surface area contributed by atoms with Crippen molar-refractivity contribution in [3.05, 3.63) is 59.1 Å². The van der Waals surface area contributed by atoms with E-state index in [4.69, 9.17) is 11.6 Å². The van der Waals surface area contributed by atoms with Crippen LogP contribution < -0.4 is 5.32 Å². The summed E-state index contributed by atoms with van der Waals surface area (Å²) >= 11 is 5.88. The maximum atomic E-state index is 13.3. The molecule has 1 amide bonds. The molecule has 0 aliphatic heterocycles. The first-order valence-corrected chi connectivity index (χ1v) is 7.63. The van der Waals surface area contributed by atoms with Crippen molar-refractivity contribution >= 4 is 23.2 Å². The van der Waals surface area contributed by atoms with Crippen LogP contribution >= 0.6 is 11.6 Å². The minimum atomic E-state index is -0.809. The molecule has 0 saturated heterocycles. The van der Waals surface area contributed by atoms with Gasteiger partial charge in [0.05, 0.1) is 10.7 Å². The minimum Gasteiger partial charge on any atom is -0.323 e. The van der Waals surface area contributed by atoms with Crippen molar-refractivity contribution in [1.82, 2.24) is 20.2 Å². The minimum absolute atomic E-state index is 0.0764. The molecule has 1 aromatic heterocycles. The van der Waals surface area contributed by atoms with E-state index in [-0.39, 0.29) is 16.5 Å². The number of benzene rings is 2. The Kier molecular flexibility index (Phi) is 4.71. The molecule has 6 nitrogen and oxygen atoms in total. The van der Waals surface area contributed by atoms with E-state index in [0.29, 0.717) is 5.56 Å². The molecular formula is C16H12ClF2N5O. The van der Waals surface area contributed by atoms with Crippen molar-refractivity contribution in [3.63, 3.8) is 0 Å². The number of aromatic nitrogens is 4. The van der Waals surface area contributed by atoms with Crippen molar-refractivity contribution in [2.45, 2.75) is 13.0 Å². The summed E-state index contributed by atoms with van der Waals surface area (Å²) in [5.41, 5.74) is 0.714. The third kappa shape index (κ3) is 3.80. The van der Waals surface area contributed by atoms with Gasteiger partial charge in [0.15, 0.2) is 0 Å². The van der Waals surface area contributed by atoms with E-state index in [1.807, 2.05) is 0 Å². The fraction of sp³-hybridized carbons (Fsp3) is 0.125. The van der Waals surface area contributed by atoms with Crippen LogP contribution in [-0.4, -0.2) is 26.1 Å². The number of hydrogen-bond acceptors (Lipinski definition) is 4. The zero-order valence-electron chi connectivity index (χ0n) is 12.9. The average molecular weight is 364 g/mol. The number of amides is 1. The zero-order valence-corrected chi connectivity index (χ0v) is 13.7. The number of tetrazole rings is 1. The standard InChI is InChI=1S/C16H12ClF2N5O/c1-9(16(25)20-14-6-5-12(19)8-13(14)17)24-22-15(21-23-24)10-3-2-4-11(18)7-10/h2-9H,1H3,(H,20,25)/t9-/m0/s1. The fourth-order valence-corrected chi connectivity index (χ4v) is 2.28. The van der Waals surface area contributed by atoms with Gasteiger partial charge in [0.2, 0.25) is 5.82 Å². The Morgan fingerprint density at radius 1 is 1.20 bits per heavy atom. The Morgan fingerprint density at radius 2 is 1.96 bits per heavy atom. The van der Waals surface area contributed by atoms with Crippen LogP contribution in [0.25, 0.3) is 11.4 Å². The lowest BCUT2D eigenvalue weighted by atomic mass is 10.2. The van der Waals surface area contributed by atoms with Crippen LogP contribution in [0, 0.1) is 11.6 Å². The largest absolute Gasteiger partial charge is 0.323 e. The Hall–Kier alpha value is -2.87. The SMILES string of the molecule is C[C@@H](C(=O)Nc1ccc(F)cc1Cl)n1nnc(-c2cccc(F)c2)n1. The van der Waals surface area contributed by atoms with Gasteiger partial charge in [-0.1, -0.05) is 23.7 Å². The van der Waals surface area contributed by atoms with E-state index in [0.717, 1.165) is 10.9 Å². The maximum absolute atomic E-state index is 13.3. The Morgan fingerprint density at radius 3 is 2.68 bits per heavy atom. The van der Waals surface area contributed by atoms with Gasteiger partial charge in [-0.15, -0.1) is 10.2 Å². The third-order valence-electron chi connectivity index (χ3n) is 3.43. The normalized spacial score (nSPS) is 12.0. The number of halogens is 3. The molecule has 3 rings (SSSR count). The second-order valence-corrected chi connectivity index (χ2v) is 5.64. The molecule has 1 heterocycles. The van der Waals surface area contributed by atoms with E-state index in [1.165, 1.54) is 30.3 Å². The number of rotatable bonds is 4. The second kappa shape index (κ2) is 6.94. The molecule has 0 bridgehead atoms. The number of nitrogens with one attached hydrogen (secondary N) is 1. The average Bonchev–Trinajstić information content (AvgIpc) is 3.06. The summed E-state index contributed by atoms with van der Waals surface area (Å²) in [5.74, 6) is -1.20. The summed E-state index contributed by atoms with van der Waals surface area (Å²) in [6.45, 7) is 1.56. The number of carbonyl (C=O) groups is 1. The van der Waals surface area contributed by atoms with Crippen molar-refractivity contribution in [3.8, 4) is 11.4 Å². The highest BCUT2D eigenvalue weighted by molar-refractivity contribution is 6.33. The van der Waals surface area contributed by atoms with Gasteiger partial charge in [-0.2, -0.15) is 4.80 Å². The van der Waals surface area contributed by atoms with Gasteiger partial charge in [-0.05, 0) is 42.5 Å². The molecule has 0 unspecified atom stereocenters. The van der Waals surface area contributed by atoms with Crippen molar-refractivity contribution < 1.29 is 13.6 Å². The molecule has 128 valence electrons. The topological polar surface area (TPSA) is 72.7 Å². The number of nitrogens with zero attached hydrogens (tertiary/aromatic N) is 4. The van der Waals surface area contributed by atoms with Gasteiger partial charge < -0.3 is 5.32 Å². The molecule has 25 heavy (non-hydrogen) atoms. The first-order valence-electron chi connectivity index (χ1n) is 7.25. The Balaban J connectivity index is 1.76. The molecule has 0 aliphatic rings. The van der Waals surface area contributed by atoms with E-state index in [2.05, 4.69) is 20.7 Å². The summed E-state index contributed by atoms with van der Waals surface area (Å²) in [4.78, 5) is 13.4. The summed E-state index contributed by atoms with van der Waals surface area (Å²) in [6, 6.07) is 8.55. The van der Waals surface area contributed by atoms with Gasteiger partial charge in [-0.3, -0.25) is 4.79 Å². The van der Waals surface area contributed by atoms with Crippen molar-refractivity contribution in [1.29, 1.82) is 0 Å². The monoisotopic (exact) mass is 363 g/mol. The molecule has 1 N–H and O–H groups in total. The van der Waals surface area contributed by atoms with Crippen LogP contribution in [0.1, 0.15) is 13.0 Å². The third-order valence-corrected chi connectivity index (χ3v) is 3.74. The predicted molar refractivity (Wildman–Crippen MR) is 88.0 cm³/mol. The molecule has 2 aromatic carbocycles. The highest BCUT2D eigenvalue weighted by Crippen LogP contribution is 2.23. The lowest BCUT2D eigenvalue weighted by molar-refractivity contribution is -0.119. The summed E-state index contributed by atoms with van der Waals surface area (Å²) in [7, 11) is 0. The van der Waals surface area contributed by atoms with Crippen LogP contribution in [0.2, 0.25) is 5.02 Å². The van der Waals surface area contributed by atoms with Crippen LogP contribution in [0.3, 0.4) is 0 Å². The van der Waals surface area contributed by atoms with Crippen molar-refractivity contribution in [2.75, 3.05) is 5.32 Å². The Labute approximate surface area is 146 Å². The van der Waals surface area contributed by atoms with Crippen molar-refractivity contribution in [2.24, 2.45) is 0 Å². The summed E-state index contributed by atoms with van der Waals surface area (Å²) in [5, 5.41) is 14.4. The van der Waals surface area contributed by atoms with Gasteiger partial charge in [-0.25, -0.2) is 8.78 Å². The molecule has 0 fully saturated rings. The molecular weight excluding hydrogens is 352 g/mol. The van der Waals surface area contributed by atoms with E-state index in [1.54, 1.807) is 13.0 Å². The van der Waals surface area contributed by atoms with E-state index in [9.17, 15) is 13.6 Å². The molecule has 0 aliphatic carbocycles. The quantitative estimate of drug-likeness (QED) is 0.770. The lowest BCUT2D eigenvalue weighted by Crippen LogP contribution is -2.25. The van der Waals surface area contributed by atoms with Crippen LogP contribution in [-0.2, 0) is 4.79 Å². The van der Waals surface area contributed by atoms with Gasteiger partial charge in [0, 0.05) is 5.56 Å². The number of carbonyl (C=O) groups excluding carboxylic acids is 1. The highest BCUT2D eigenvalue weighted by atomic mass is 35.5. The maximum Gasteiger partial charge on any atom is 0.250 e. The van der Waals surface area contributed by atoms with Gasteiger partial charge in [0.1, 0.15) is 17.7 Å². The smallest absolute Gasteiger partial charge is 0.250 e. The Bertz CT molecular complexity index is 930. The number of hydrogen-bond donors (Lipinski definition) is 1. The van der Waals surface area contributed by atoms with Gasteiger partial charge >= 0.3 is 0 Å². The highest BCUT2D eigenvalue weighted by Gasteiger charge is 2.20. The van der Waals surface area contributed by atoms with E-state index < -0.39 is 23.6 Å². The molecule has 0 saturated carbocycles.